The first-order chi connectivity index (χ1) is 11.7. The van der Waals surface area contributed by atoms with Crippen LogP contribution >= 0.6 is 11.5 Å². The van der Waals surface area contributed by atoms with Crippen molar-refractivity contribution in [2.75, 3.05) is 18.4 Å². The van der Waals surface area contributed by atoms with Crippen LogP contribution in [0.25, 0.3) is 0 Å². The van der Waals surface area contributed by atoms with Gasteiger partial charge in [-0.1, -0.05) is 19.1 Å². The van der Waals surface area contributed by atoms with Gasteiger partial charge in [-0.25, -0.2) is 4.98 Å². The molecule has 24 heavy (non-hydrogen) atoms. The van der Waals surface area contributed by atoms with Crippen LogP contribution in [0.3, 0.4) is 0 Å². The van der Waals surface area contributed by atoms with Crippen molar-refractivity contribution < 1.29 is 9.59 Å². The van der Waals surface area contributed by atoms with Crippen molar-refractivity contribution >= 4 is 28.5 Å². The third-order valence-electron chi connectivity index (χ3n) is 4.35. The van der Waals surface area contributed by atoms with E-state index in [-0.39, 0.29) is 17.7 Å². The molecule has 1 fully saturated rings. The fourth-order valence-corrected chi connectivity index (χ4v) is 3.28. The van der Waals surface area contributed by atoms with Crippen LogP contribution in [0, 0.1) is 5.92 Å². The Balaban J connectivity index is 1.54. The molecule has 0 atom stereocenters. The Labute approximate surface area is 145 Å². The third-order valence-corrected chi connectivity index (χ3v) is 4.93. The van der Waals surface area contributed by atoms with Gasteiger partial charge in [0.05, 0.1) is 0 Å². The van der Waals surface area contributed by atoms with Gasteiger partial charge in [0, 0.05) is 36.1 Å². The lowest BCUT2D eigenvalue weighted by Gasteiger charge is -2.31. The van der Waals surface area contributed by atoms with Crippen molar-refractivity contribution in [1.82, 2.24) is 14.3 Å². The van der Waals surface area contributed by atoms with E-state index in [2.05, 4.69) is 21.6 Å². The van der Waals surface area contributed by atoms with E-state index in [1.54, 1.807) is 0 Å². The standard InChI is InChI=1S/C17H20N4O2S/c1-2-12-3-5-14(6-4-12)16(23)21-9-7-13(8-10-21)15(22)20-17-18-11-19-24-17/h3-6,11,13H,2,7-10H2,1H3,(H,18,19,20,22). The van der Waals surface area contributed by atoms with E-state index in [0.29, 0.717) is 36.6 Å². The molecule has 0 unspecified atom stereocenters. The van der Waals surface area contributed by atoms with E-state index in [1.807, 2.05) is 29.2 Å². The molecule has 1 aromatic heterocycles. The Morgan fingerprint density at radius 1 is 1.25 bits per heavy atom. The van der Waals surface area contributed by atoms with Crippen LogP contribution in [0.1, 0.15) is 35.7 Å². The van der Waals surface area contributed by atoms with Gasteiger partial charge in [0.2, 0.25) is 11.0 Å². The van der Waals surface area contributed by atoms with Crippen LogP contribution in [0.4, 0.5) is 5.13 Å². The Bertz CT molecular complexity index is 692. The van der Waals surface area contributed by atoms with E-state index in [0.717, 1.165) is 18.0 Å². The van der Waals surface area contributed by atoms with Crippen LogP contribution in [-0.2, 0) is 11.2 Å². The smallest absolute Gasteiger partial charge is 0.253 e. The van der Waals surface area contributed by atoms with Gasteiger partial charge >= 0.3 is 0 Å². The first-order valence-corrected chi connectivity index (χ1v) is 8.90. The minimum Gasteiger partial charge on any atom is -0.339 e. The van der Waals surface area contributed by atoms with Crippen LogP contribution in [0.15, 0.2) is 30.6 Å². The summed E-state index contributed by atoms with van der Waals surface area (Å²) in [4.78, 5) is 30.5. The number of anilines is 1. The molecule has 2 amide bonds. The summed E-state index contributed by atoms with van der Waals surface area (Å²) < 4.78 is 3.86. The number of amides is 2. The predicted octanol–water partition coefficient (Wildman–Crippen LogP) is 2.59. The molecule has 3 rings (SSSR count). The first kappa shape index (κ1) is 16.6. The van der Waals surface area contributed by atoms with Crippen LogP contribution < -0.4 is 5.32 Å². The summed E-state index contributed by atoms with van der Waals surface area (Å²) >= 11 is 1.16. The number of hydrogen-bond acceptors (Lipinski definition) is 5. The van der Waals surface area contributed by atoms with E-state index >= 15 is 0 Å². The van der Waals surface area contributed by atoms with Gasteiger partial charge in [0.1, 0.15) is 6.33 Å². The van der Waals surface area contributed by atoms with E-state index in [4.69, 9.17) is 0 Å². The highest BCUT2D eigenvalue weighted by Gasteiger charge is 2.28. The highest BCUT2D eigenvalue weighted by Crippen LogP contribution is 2.21. The number of aryl methyl sites for hydroxylation is 1. The number of carbonyl (C=O) groups excluding carboxylic acids is 2. The predicted molar refractivity (Wildman–Crippen MR) is 93.0 cm³/mol. The highest BCUT2D eigenvalue weighted by atomic mass is 32.1. The van der Waals surface area contributed by atoms with Gasteiger partial charge in [-0.15, -0.1) is 0 Å². The van der Waals surface area contributed by atoms with Crippen molar-refractivity contribution in [2.24, 2.45) is 5.92 Å². The number of benzene rings is 1. The number of rotatable bonds is 4. The van der Waals surface area contributed by atoms with Crippen molar-refractivity contribution in [1.29, 1.82) is 0 Å². The molecule has 1 aliphatic heterocycles. The number of hydrogen-bond donors (Lipinski definition) is 1. The lowest BCUT2D eigenvalue weighted by atomic mass is 9.95. The van der Waals surface area contributed by atoms with Crippen LogP contribution in [-0.4, -0.2) is 39.2 Å². The van der Waals surface area contributed by atoms with E-state index < -0.39 is 0 Å². The number of nitrogens with one attached hydrogen (secondary N) is 1. The molecule has 0 saturated carbocycles. The quantitative estimate of drug-likeness (QED) is 0.925. The number of likely N-dealkylation sites (tertiary alicyclic amines) is 1. The molecule has 1 N–H and O–H groups in total. The number of aromatic nitrogens is 2. The number of piperidine rings is 1. The topological polar surface area (TPSA) is 75.2 Å². The fourth-order valence-electron chi connectivity index (χ4n) is 2.85. The molecule has 1 aromatic carbocycles. The summed E-state index contributed by atoms with van der Waals surface area (Å²) in [5.41, 5.74) is 1.93. The summed E-state index contributed by atoms with van der Waals surface area (Å²) in [6.45, 7) is 3.29. The van der Waals surface area contributed by atoms with Gasteiger partial charge in [0.25, 0.3) is 5.91 Å². The zero-order valence-electron chi connectivity index (χ0n) is 13.6. The van der Waals surface area contributed by atoms with Gasteiger partial charge in [0.15, 0.2) is 0 Å². The second-order valence-corrected chi connectivity index (χ2v) is 6.63. The maximum atomic E-state index is 12.5. The Hall–Kier alpha value is -2.28. The van der Waals surface area contributed by atoms with Crippen molar-refractivity contribution in [2.45, 2.75) is 26.2 Å². The lowest BCUT2D eigenvalue weighted by molar-refractivity contribution is -0.121. The van der Waals surface area contributed by atoms with Gasteiger partial charge in [-0.05, 0) is 37.0 Å². The summed E-state index contributed by atoms with van der Waals surface area (Å²) in [5, 5.41) is 3.31. The van der Waals surface area contributed by atoms with Gasteiger partial charge in [-0.2, -0.15) is 4.37 Å². The first-order valence-electron chi connectivity index (χ1n) is 8.13. The largest absolute Gasteiger partial charge is 0.339 e. The number of carbonyl (C=O) groups is 2. The van der Waals surface area contributed by atoms with E-state index in [9.17, 15) is 9.59 Å². The normalized spacial score (nSPS) is 15.3. The van der Waals surface area contributed by atoms with Crippen molar-refractivity contribution in [3.8, 4) is 0 Å². The summed E-state index contributed by atoms with van der Waals surface area (Å²) in [7, 11) is 0. The Morgan fingerprint density at radius 2 is 1.96 bits per heavy atom. The second kappa shape index (κ2) is 7.53. The van der Waals surface area contributed by atoms with Crippen molar-refractivity contribution in [3.05, 3.63) is 41.7 Å². The average molecular weight is 344 g/mol. The summed E-state index contributed by atoms with van der Waals surface area (Å²) in [5.74, 6) is -0.0767. The lowest BCUT2D eigenvalue weighted by Crippen LogP contribution is -2.41. The fraction of sp³-hybridized carbons (Fsp3) is 0.412. The summed E-state index contributed by atoms with van der Waals surface area (Å²) in [6, 6.07) is 7.76. The maximum absolute atomic E-state index is 12.5. The molecular formula is C17H20N4O2S. The summed E-state index contributed by atoms with van der Waals surface area (Å²) in [6.07, 6.45) is 3.72. The molecule has 0 bridgehead atoms. The second-order valence-electron chi connectivity index (χ2n) is 5.85. The molecule has 1 saturated heterocycles. The molecule has 0 radical (unpaired) electrons. The molecule has 0 spiro atoms. The zero-order valence-corrected chi connectivity index (χ0v) is 14.4. The van der Waals surface area contributed by atoms with Gasteiger partial charge in [-0.3, -0.25) is 9.59 Å². The zero-order chi connectivity index (χ0) is 16.9. The Kier molecular flexibility index (Phi) is 5.20. The van der Waals surface area contributed by atoms with Crippen LogP contribution in [0.5, 0.6) is 0 Å². The van der Waals surface area contributed by atoms with Gasteiger partial charge < -0.3 is 10.2 Å². The molecular weight excluding hydrogens is 324 g/mol. The average Bonchev–Trinajstić information content (AvgIpc) is 3.14. The van der Waals surface area contributed by atoms with Crippen LogP contribution in [0.2, 0.25) is 0 Å². The molecule has 2 heterocycles. The Morgan fingerprint density at radius 3 is 2.54 bits per heavy atom. The third kappa shape index (κ3) is 3.79. The molecule has 1 aliphatic rings. The SMILES string of the molecule is CCc1ccc(C(=O)N2CCC(C(=O)Nc3ncns3)CC2)cc1. The minimum absolute atomic E-state index is 0.0360. The molecule has 7 heteroatoms. The van der Waals surface area contributed by atoms with E-state index in [1.165, 1.54) is 11.9 Å². The number of nitrogens with zero attached hydrogens (tertiary/aromatic N) is 3. The van der Waals surface area contributed by atoms with Crippen molar-refractivity contribution in [3.63, 3.8) is 0 Å². The molecule has 2 aromatic rings. The molecule has 6 nitrogen and oxygen atoms in total. The molecule has 0 aliphatic carbocycles. The highest BCUT2D eigenvalue weighted by molar-refractivity contribution is 7.09. The molecule has 126 valence electrons. The maximum Gasteiger partial charge on any atom is 0.253 e. The monoisotopic (exact) mass is 344 g/mol. The minimum atomic E-state index is -0.0829.